The Labute approximate surface area is 173 Å². The Morgan fingerprint density at radius 1 is 1.28 bits per heavy atom. The first kappa shape index (κ1) is 22.8. The lowest BCUT2D eigenvalue weighted by Gasteiger charge is -2.33. The molecule has 29 heavy (non-hydrogen) atoms. The molecule has 0 aromatic heterocycles. The second-order valence-corrected chi connectivity index (χ2v) is 7.33. The molecular formula is C23H33N3O3. The van der Waals surface area contributed by atoms with Crippen LogP contribution in [0.3, 0.4) is 0 Å². The Bertz CT molecular complexity index is 709. The van der Waals surface area contributed by atoms with E-state index in [0.29, 0.717) is 19.6 Å². The number of allylic oxidation sites excluding steroid dienone is 1. The van der Waals surface area contributed by atoms with E-state index >= 15 is 0 Å². The molecule has 0 spiro atoms. The van der Waals surface area contributed by atoms with E-state index in [0.717, 1.165) is 55.1 Å². The van der Waals surface area contributed by atoms with Crippen molar-refractivity contribution in [2.45, 2.75) is 51.0 Å². The van der Waals surface area contributed by atoms with Crippen LogP contribution in [0.4, 0.5) is 0 Å². The van der Waals surface area contributed by atoms with E-state index in [1.54, 1.807) is 24.4 Å². The van der Waals surface area contributed by atoms with Crippen LogP contribution in [-0.2, 0) is 20.7 Å². The monoisotopic (exact) mass is 399 g/mol. The van der Waals surface area contributed by atoms with Gasteiger partial charge in [0.25, 0.3) is 0 Å². The SMILES string of the molecule is CN=CC(=CN)c1cccc(CCOCCC(=O)N(CC=O)C2CCCCC2)c1. The number of nitrogens with zero attached hydrogens (tertiary/aromatic N) is 2. The van der Waals surface area contributed by atoms with E-state index in [1.807, 2.05) is 18.2 Å². The minimum absolute atomic E-state index is 0.0163. The number of benzene rings is 1. The lowest BCUT2D eigenvalue weighted by atomic mass is 9.94. The average molecular weight is 400 g/mol. The number of aldehydes is 1. The fourth-order valence-corrected chi connectivity index (χ4v) is 3.78. The summed E-state index contributed by atoms with van der Waals surface area (Å²) in [4.78, 5) is 29.3. The van der Waals surface area contributed by atoms with Gasteiger partial charge in [-0.15, -0.1) is 0 Å². The first-order valence-corrected chi connectivity index (χ1v) is 10.4. The van der Waals surface area contributed by atoms with Crippen molar-refractivity contribution in [3.63, 3.8) is 0 Å². The highest BCUT2D eigenvalue weighted by Gasteiger charge is 2.24. The van der Waals surface area contributed by atoms with Crippen LogP contribution in [0.15, 0.2) is 35.5 Å². The van der Waals surface area contributed by atoms with Crippen LogP contribution < -0.4 is 5.73 Å². The summed E-state index contributed by atoms with van der Waals surface area (Å²) in [6, 6.07) is 8.31. The van der Waals surface area contributed by atoms with Gasteiger partial charge in [0.15, 0.2) is 0 Å². The second kappa shape index (κ2) is 12.9. The third-order valence-corrected chi connectivity index (χ3v) is 5.31. The number of carbonyl (C=O) groups excluding carboxylic acids is 2. The molecular weight excluding hydrogens is 366 g/mol. The molecule has 0 saturated heterocycles. The first-order valence-electron chi connectivity index (χ1n) is 10.4. The highest BCUT2D eigenvalue weighted by Crippen LogP contribution is 2.23. The summed E-state index contributed by atoms with van der Waals surface area (Å²) in [5, 5.41) is 0. The predicted octanol–water partition coefficient (Wildman–Crippen LogP) is 3.00. The van der Waals surface area contributed by atoms with Gasteiger partial charge in [0.1, 0.15) is 6.29 Å². The number of ether oxygens (including phenoxy) is 1. The van der Waals surface area contributed by atoms with Crippen LogP contribution in [0.5, 0.6) is 0 Å². The zero-order valence-electron chi connectivity index (χ0n) is 17.4. The lowest BCUT2D eigenvalue weighted by molar-refractivity contribution is -0.137. The van der Waals surface area contributed by atoms with Crippen molar-refractivity contribution in [2.75, 3.05) is 26.8 Å². The molecule has 0 aliphatic heterocycles. The highest BCUT2D eigenvalue weighted by atomic mass is 16.5. The van der Waals surface area contributed by atoms with E-state index in [1.165, 1.54) is 6.42 Å². The van der Waals surface area contributed by atoms with Crippen LogP contribution in [0.25, 0.3) is 5.57 Å². The molecule has 2 rings (SSSR count). The quantitative estimate of drug-likeness (QED) is 0.352. The summed E-state index contributed by atoms with van der Waals surface area (Å²) in [5.74, 6) is 0.0163. The maximum Gasteiger partial charge on any atom is 0.225 e. The number of nitrogens with two attached hydrogens (primary N) is 1. The molecule has 2 N–H and O–H groups in total. The molecule has 0 heterocycles. The number of amides is 1. The smallest absolute Gasteiger partial charge is 0.225 e. The summed E-state index contributed by atoms with van der Waals surface area (Å²) in [7, 11) is 1.72. The van der Waals surface area contributed by atoms with Gasteiger partial charge in [-0.1, -0.05) is 43.5 Å². The van der Waals surface area contributed by atoms with Crippen molar-refractivity contribution in [2.24, 2.45) is 10.7 Å². The van der Waals surface area contributed by atoms with E-state index in [9.17, 15) is 9.59 Å². The Morgan fingerprint density at radius 2 is 2.07 bits per heavy atom. The average Bonchev–Trinajstić information content (AvgIpc) is 2.76. The van der Waals surface area contributed by atoms with Crippen molar-refractivity contribution in [1.82, 2.24) is 4.90 Å². The number of hydrogen-bond acceptors (Lipinski definition) is 5. The van der Waals surface area contributed by atoms with Crippen molar-refractivity contribution < 1.29 is 14.3 Å². The van der Waals surface area contributed by atoms with Gasteiger partial charge >= 0.3 is 0 Å². The van der Waals surface area contributed by atoms with Gasteiger partial charge in [-0.3, -0.25) is 9.79 Å². The van der Waals surface area contributed by atoms with Crippen molar-refractivity contribution in [3.8, 4) is 0 Å². The number of aliphatic imine (C=N–C) groups is 1. The molecule has 0 radical (unpaired) electrons. The third kappa shape index (κ3) is 7.46. The molecule has 1 aromatic rings. The van der Waals surface area contributed by atoms with Crippen LogP contribution in [-0.4, -0.2) is 56.2 Å². The maximum absolute atomic E-state index is 12.5. The normalized spacial score (nSPS) is 15.6. The Morgan fingerprint density at radius 3 is 2.76 bits per heavy atom. The van der Waals surface area contributed by atoms with Gasteiger partial charge in [-0.25, -0.2) is 0 Å². The van der Waals surface area contributed by atoms with E-state index < -0.39 is 0 Å². The minimum Gasteiger partial charge on any atom is -0.404 e. The van der Waals surface area contributed by atoms with Gasteiger partial charge in [-0.2, -0.15) is 0 Å². The van der Waals surface area contributed by atoms with Crippen molar-refractivity contribution >= 4 is 24.0 Å². The molecule has 6 nitrogen and oxygen atoms in total. The van der Waals surface area contributed by atoms with Crippen LogP contribution >= 0.6 is 0 Å². The van der Waals surface area contributed by atoms with E-state index in [2.05, 4.69) is 11.1 Å². The molecule has 1 aromatic carbocycles. The number of hydrogen-bond donors (Lipinski definition) is 1. The zero-order valence-corrected chi connectivity index (χ0v) is 17.4. The van der Waals surface area contributed by atoms with Crippen molar-refractivity contribution in [3.05, 3.63) is 41.6 Å². The second-order valence-electron chi connectivity index (χ2n) is 7.33. The number of rotatable bonds is 11. The molecule has 0 bridgehead atoms. The molecule has 1 aliphatic carbocycles. The molecule has 1 aliphatic rings. The molecule has 0 atom stereocenters. The summed E-state index contributed by atoms with van der Waals surface area (Å²) < 4.78 is 5.70. The van der Waals surface area contributed by atoms with Crippen LogP contribution in [0.1, 0.15) is 49.7 Å². The zero-order chi connectivity index (χ0) is 20.9. The van der Waals surface area contributed by atoms with Gasteiger partial charge in [0.05, 0.1) is 26.2 Å². The summed E-state index contributed by atoms with van der Waals surface area (Å²) in [6.07, 6.45) is 10.7. The fourth-order valence-electron chi connectivity index (χ4n) is 3.78. The lowest BCUT2D eigenvalue weighted by Crippen LogP contribution is -2.42. The minimum atomic E-state index is 0.0163. The maximum atomic E-state index is 12.5. The topological polar surface area (TPSA) is 85.0 Å². The van der Waals surface area contributed by atoms with E-state index in [4.69, 9.17) is 10.5 Å². The summed E-state index contributed by atoms with van der Waals surface area (Å²) >= 11 is 0. The summed E-state index contributed by atoms with van der Waals surface area (Å²) in [6.45, 7) is 1.10. The van der Waals surface area contributed by atoms with Gasteiger partial charge < -0.3 is 20.2 Å². The van der Waals surface area contributed by atoms with Crippen LogP contribution in [0.2, 0.25) is 0 Å². The molecule has 0 unspecified atom stereocenters. The van der Waals surface area contributed by atoms with Crippen molar-refractivity contribution in [1.29, 1.82) is 0 Å². The Hall–Kier alpha value is -2.47. The fraction of sp³-hybridized carbons (Fsp3) is 0.522. The molecule has 1 amide bonds. The Kier molecular flexibility index (Phi) is 10.1. The van der Waals surface area contributed by atoms with Gasteiger partial charge in [0, 0.05) is 31.1 Å². The number of carbonyl (C=O) groups is 2. The first-order chi connectivity index (χ1) is 14.2. The molecule has 6 heteroatoms. The molecule has 1 saturated carbocycles. The standard InChI is InChI=1S/C23H33N3O3/c1-25-18-21(17-24)20-7-5-6-19(16-20)10-14-29-15-11-23(28)26(12-13-27)22-8-3-2-4-9-22/h5-7,13,16-18,22H,2-4,8-12,14-15,24H2,1H3. The molecule has 1 fully saturated rings. The highest BCUT2D eigenvalue weighted by molar-refractivity contribution is 6.09. The third-order valence-electron chi connectivity index (χ3n) is 5.31. The van der Waals surface area contributed by atoms with Gasteiger partial charge in [0.2, 0.25) is 5.91 Å². The van der Waals surface area contributed by atoms with Gasteiger partial charge in [-0.05, 0) is 30.4 Å². The predicted molar refractivity (Wildman–Crippen MR) is 117 cm³/mol. The molecule has 158 valence electrons. The van der Waals surface area contributed by atoms with Crippen LogP contribution in [0, 0.1) is 0 Å². The van der Waals surface area contributed by atoms with E-state index in [-0.39, 0.29) is 18.5 Å². The summed E-state index contributed by atoms with van der Waals surface area (Å²) in [5.41, 5.74) is 8.70. The largest absolute Gasteiger partial charge is 0.404 e. The Balaban J connectivity index is 1.77.